The van der Waals surface area contributed by atoms with E-state index in [1.165, 1.54) is 29.7 Å². The number of benzene rings is 1. The third kappa shape index (κ3) is 4.11. The van der Waals surface area contributed by atoms with Crippen molar-refractivity contribution in [2.24, 2.45) is 5.73 Å². The Balaban J connectivity index is 1.16. The molecule has 0 aliphatic carbocycles. The van der Waals surface area contributed by atoms with Crippen LogP contribution in [0.4, 0.5) is 4.79 Å². The molecule has 0 radical (unpaired) electrons. The molecule has 7 nitrogen and oxygen atoms in total. The van der Waals surface area contributed by atoms with E-state index in [-0.39, 0.29) is 6.04 Å². The number of fused-ring (bicyclic) bond motifs is 3. The highest BCUT2D eigenvalue weighted by Crippen LogP contribution is 2.36. The molecule has 4 heterocycles. The van der Waals surface area contributed by atoms with E-state index in [2.05, 4.69) is 32.3 Å². The van der Waals surface area contributed by atoms with Crippen LogP contribution in [-0.4, -0.2) is 45.6 Å². The summed E-state index contributed by atoms with van der Waals surface area (Å²) in [5.41, 5.74) is 7.32. The van der Waals surface area contributed by atoms with Gasteiger partial charge in [0.25, 0.3) is 5.19 Å². The maximum absolute atomic E-state index is 11.2. The lowest BCUT2D eigenvalue weighted by molar-refractivity contribution is 0.121. The first kappa shape index (κ1) is 19.3. The molecule has 3 N–H and O–H groups in total. The molecule has 2 amide bonds. The molecular weight excluding hydrogens is 398 g/mol. The number of pyridine rings is 1. The van der Waals surface area contributed by atoms with Gasteiger partial charge in [0, 0.05) is 30.9 Å². The lowest BCUT2D eigenvalue weighted by Crippen LogP contribution is -2.51. The molecule has 2 aromatic heterocycles. The van der Waals surface area contributed by atoms with E-state index in [1.54, 1.807) is 6.20 Å². The van der Waals surface area contributed by atoms with Crippen molar-refractivity contribution in [3.63, 3.8) is 0 Å². The Morgan fingerprint density at radius 1 is 1.20 bits per heavy atom. The summed E-state index contributed by atoms with van der Waals surface area (Å²) in [7, 11) is 0. The minimum absolute atomic E-state index is 0.227. The van der Waals surface area contributed by atoms with E-state index in [1.807, 2.05) is 24.3 Å². The summed E-state index contributed by atoms with van der Waals surface area (Å²) in [6, 6.07) is 13.1. The van der Waals surface area contributed by atoms with Crippen molar-refractivity contribution >= 4 is 27.7 Å². The summed E-state index contributed by atoms with van der Waals surface area (Å²) in [4.78, 5) is 22.5. The summed E-state index contributed by atoms with van der Waals surface area (Å²) < 4.78 is 6.93. The number of amides is 2. The third-order valence-electron chi connectivity index (χ3n) is 6.16. The highest BCUT2D eigenvalue weighted by Gasteiger charge is 2.40. The molecule has 156 valence electrons. The molecule has 8 heteroatoms. The minimum Gasteiger partial charge on any atom is -0.431 e. The molecule has 0 unspecified atom stereocenters. The maximum Gasteiger partial charge on any atom is 0.312 e. The number of primary amides is 1. The Labute approximate surface area is 179 Å². The van der Waals surface area contributed by atoms with E-state index >= 15 is 0 Å². The van der Waals surface area contributed by atoms with Gasteiger partial charge in [-0.3, -0.25) is 4.90 Å². The second-order valence-corrected chi connectivity index (χ2v) is 9.09. The summed E-state index contributed by atoms with van der Waals surface area (Å²) >= 11 is 1.50. The molecular formula is C22H25N5O2S. The molecule has 0 spiro atoms. The van der Waals surface area contributed by atoms with Crippen LogP contribution in [0, 0.1) is 0 Å². The molecule has 30 heavy (non-hydrogen) atoms. The van der Waals surface area contributed by atoms with Gasteiger partial charge in [0.05, 0.1) is 4.70 Å². The Hall–Kier alpha value is -2.71. The van der Waals surface area contributed by atoms with Gasteiger partial charge in [-0.25, -0.2) is 9.78 Å². The van der Waals surface area contributed by atoms with Crippen molar-refractivity contribution < 1.29 is 9.53 Å². The normalized spacial score (nSPS) is 23.5. The zero-order valence-electron chi connectivity index (χ0n) is 16.7. The average molecular weight is 424 g/mol. The molecule has 2 saturated heterocycles. The minimum atomic E-state index is -0.405. The number of hydrogen-bond donors (Lipinski definition) is 2. The molecule has 1 aromatic carbocycles. The number of aromatic nitrogens is 2. The highest BCUT2D eigenvalue weighted by atomic mass is 32.1. The van der Waals surface area contributed by atoms with Crippen molar-refractivity contribution in [1.29, 1.82) is 0 Å². The maximum atomic E-state index is 11.2. The number of hydrogen-bond acceptors (Lipinski definition) is 6. The molecule has 2 fully saturated rings. The van der Waals surface area contributed by atoms with Gasteiger partial charge in [0.1, 0.15) is 5.75 Å². The Morgan fingerprint density at radius 2 is 1.97 bits per heavy atom. The van der Waals surface area contributed by atoms with E-state index in [0.29, 0.717) is 17.3 Å². The number of urea groups is 1. The number of nitrogens with one attached hydrogen (secondary N) is 1. The van der Waals surface area contributed by atoms with Gasteiger partial charge in [-0.2, -0.15) is 4.98 Å². The SMILES string of the molecule is NC(=O)N[C@@H]1C[C@H]2CC[C@@H](C1)N2CCc1ccc(Oc2nc3ncccc3s2)cc1. The predicted molar refractivity (Wildman–Crippen MR) is 117 cm³/mol. The van der Waals surface area contributed by atoms with E-state index in [4.69, 9.17) is 10.5 Å². The van der Waals surface area contributed by atoms with E-state index in [0.717, 1.165) is 41.9 Å². The van der Waals surface area contributed by atoms with E-state index < -0.39 is 6.03 Å². The molecule has 3 aromatic rings. The molecule has 5 rings (SSSR count). The van der Waals surface area contributed by atoms with Gasteiger partial charge in [-0.15, -0.1) is 0 Å². The number of nitrogens with two attached hydrogens (primary N) is 1. The number of piperidine rings is 1. The fourth-order valence-electron chi connectivity index (χ4n) is 4.83. The van der Waals surface area contributed by atoms with Crippen LogP contribution >= 0.6 is 11.3 Å². The van der Waals surface area contributed by atoms with Crippen molar-refractivity contribution in [3.05, 3.63) is 48.2 Å². The standard InChI is InChI=1S/C22H25N5O2S/c23-21(28)25-15-12-16-5-6-17(13-15)27(16)11-9-14-3-7-18(8-4-14)29-22-26-20-19(30-22)2-1-10-24-20/h1-4,7-8,10,15-17H,5-6,9,11-13H2,(H3,23,25,28)/t15-,16-,17+. The Kier molecular flexibility index (Phi) is 5.26. The van der Waals surface area contributed by atoms with Crippen molar-refractivity contribution in [2.75, 3.05) is 6.54 Å². The number of thiazole rings is 1. The quantitative estimate of drug-likeness (QED) is 0.631. The monoisotopic (exact) mass is 423 g/mol. The first-order valence-electron chi connectivity index (χ1n) is 10.4. The van der Waals surface area contributed by atoms with Crippen LogP contribution in [0.2, 0.25) is 0 Å². The molecule has 3 atom stereocenters. The molecule has 2 bridgehead atoms. The van der Waals surface area contributed by atoms with Gasteiger partial charge >= 0.3 is 6.03 Å². The van der Waals surface area contributed by atoms with Gasteiger partial charge in [-0.1, -0.05) is 23.5 Å². The average Bonchev–Trinajstić information content (AvgIpc) is 3.24. The largest absolute Gasteiger partial charge is 0.431 e. The summed E-state index contributed by atoms with van der Waals surface area (Å²) in [5.74, 6) is 0.788. The lowest BCUT2D eigenvalue weighted by Gasteiger charge is -2.39. The van der Waals surface area contributed by atoms with Crippen LogP contribution in [0.15, 0.2) is 42.6 Å². The van der Waals surface area contributed by atoms with Gasteiger partial charge in [-0.05, 0) is 61.9 Å². The number of carbonyl (C=O) groups is 1. The number of ether oxygens (including phenoxy) is 1. The molecule has 0 saturated carbocycles. The van der Waals surface area contributed by atoms with Gasteiger partial charge < -0.3 is 15.8 Å². The Morgan fingerprint density at radius 3 is 2.67 bits per heavy atom. The summed E-state index contributed by atoms with van der Waals surface area (Å²) in [5, 5.41) is 3.51. The van der Waals surface area contributed by atoms with Crippen molar-refractivity contribution in [1.82, 2.24) is 20.2 Å². The fraction of sp³-hybridized carbons (Fsp3) is 0.409. The smallest absolute Gasteiger partial charge is 0.312 e. The van der Waals surface area contributed by atoms with E-state index in [9.17, 15) is 4.79 Å². The van der Waals surface area contributed by atoms with Crippen LogP contribution in [0.3, 0.4) is 0 Å². The van der Waals surface area contributed by atoms with Crippen molar-refractivity contribution in [3.8, 4) is 10.9 Å². The lowest BCUT2D eigenvalue weighted by atomic mass is 9.96. The number of nitrogens with zero attached hydrogens (tertiary/aromatic N) is 3. The third-order valence-corrected chi connectivity index (χ3v) is 7.05. The molecule has 2 aliphatic heterocycles. The van der Waals surface area contributed by atoms with Crippen LogP contribution in [0.25, 0.3) is 10.3 Å². The van der Waals surface area contributed by atoms with Gasteiger partial charge in [0.2, 0.25) is 0 Å². The summed E-state index contributed by atoms with van der Waals surface area (Å²) in [6.45, 7) is 1.04. The zero-order valence-corrected chi connectivity index (χ0v) is 17.5. The molecule has 2 aliphatic rings. The number of rotatable bonds is 6. The zero-order chi connectivity index (χ0) is 20.5. The first-order valence-corrected chi connectivity index (χ1v) is 11.3. The topological polar surface area (TPSA) is 93.4 Å². The fourth-order valence-corrected chi connectivity index (χ4v) is 5.63. The Bertz CT molecular complexity index is 990. The number of carbonyl (C=O) groups excluding carboxylic acids is 1. The van der Waals surface area contributed by atoms with Gasteiger partial charge in [0.15, 0.2) is 5.65 Å². The first-order chi connectivity index (χ1) is 14.6. The van der Waals surface area contributed by atoms with Crippen LogP contribution < -0.4 is 15.8 Å². The van der Waals surface area contributed by atoms with Crippen molar-refractivity contribution in [2.45, 2.75) is 50.2 Å². The van der Waals surface area contributed by atoms with Crippen LogP contribution in [0.5, 0.6) is 10.9 Å². The second-order valence-electron chi connectivity index (χ2n) is 8.10. The highest BCUT2D eigenvalue weighted by molar-refractivity contribution is 7.20. The second kappa shape index (κ2) is 8.20. The van der Waals surface area contributed by atoms with Crippen LogP contribution in [0.1, 0.15) is 31.2 Å². The predicted octanol–water partition coefficient (Wildman–Crippen LogP) is 3.69. The van der Waals surface area contributed by atoms with Crippen LogP contribution in [-0.2, 0) is 6.42 Å². The summed E-state index contributed by atoms with van der Waals surface area (Å²) in [6.07, 6.45) is 7.18.